The molecule has 10 heteroatoms. The zero-order valence-electron chi connectivity index (χ0n) is 15.4. The number of aliphatic hydroxyl groups is 1. The molecule has 2 aromatic rings. The predicted octanol–water partition coefficient (Wildman–Crippen LogP) is 4.23. The highest BCUT2D eigenvalue weighted by Gasteiger charge is 2.32. The number of thiophene rings is 1. The van der Waals surface area contributed by atoms with Crippen LogP contribution >= 0.6 is 35.3 Å². The molecule has 0 spiro atoms. The standard InChI is InChI=1S/C18H22F3N3O2S.HI/c1-3-22-16(24-12-17(2,25)14-8-9-27-11-14)23-10-13-6-4-5-7-15(13)26-18(19,20)21;/h4-9,11,25H,3,10,12H2,1-2H3,(H2,22,23,24);1H. The second kappa shape index (κ2) is 10.9. The van der Waals surface area contributed by atoms with Gasteiger partial charge < -0.3 is 20.5 Å². The third-order valence-electron chi connectivity index (χ3n) is 3.69. The van der Waals surface area contributed by atoms with Crippen molar-refractivity contribution in [3.8, 4) is 5.75 Å². The van der Waals surface area contributed by atoms with Crippen LogP contribution in [0.2, 0.25) is 0 Å². The molecule has 28 heavy (non-hydrogen) atoms. The Labute approximate surface area is 183 Å². The van der Waals surface area contributed by atoms with Gasteiger partial charge in [-0.15, -0.1) is 37.1 Å². The number of para-hydroxylation sites is 1. The van der Waals surface area contributed by atoms with E-state index in [1.54, 1.807) is 13.0 Å². The molecule has 1 aromatic heterocycles. The summed E-state index contributed by atoms with van der Waals surface area (Å²) in [5, 5.41) is 20.3. The summed E-state index contributed by atoms with van der Waals surface area (Å²) < 4.78 is 41.6. The van der Waals surface area contributed by atoms with Crippen molar-refractivity contribution in [3.05, 3.63) is 52.2 Å². The van der Waals surface area contributed by atoms with Crippen LogP contribution in [0.3, 0.4) is 0 Å². The van der Waals surface area contributed by atoms with Gasteiger partial charge in [0.25, 0.3) is 0 Å². The number of aliphatic imine (C=N–C) groups is 1. The number of ether oxygens (including phenoxy) is 1. The Balaban J connectivity index is 0.00000392. The summed E-state index contributed by atoms with van der Waals surface area (Å²) in [7, 11) is 0. The quantitative estimate of drug-likeness (QED) is 0.286. The molecular weight excluding hydrogens is 506 g/mol. The Bertz CT molecular complexity index is 753. The number of guanidine groups is 1. The van der Waals surface area contributed by atoms with E-state index in [0.29, 0.717) is 18.1 Å². The number of halogens is 4. The van der Waals surface area contributed by atoms with E-state index in [1.807, 2.05) is 23.8 Å². The number of nitrogens with one attached hydrogen (secondary N) is 2. The van der Waals surface area contributed by atoms with Crippen molar-refractivity contribution >= 4 is 41.3 Å². The van der Waals surface area contributed by atoms with E-state index in [-0.39, 0.29) is 42.8 Å². The molecule has 156 valence electrons. The molecular formula is C18H23F3IN3O2S. The molecule has 0 saturated heterocycles. The highest BCUT2D eigenvalue weighted by molar-refractivity contribution is 14.0. The van der Waals surface area contributed by atoms with Gasteiger partial charge in [-0.2, -0.15) is 11.3 Å². The van der Waals surface area contributed by atoms with Gasteiger partial charge in [0.1, 0.15) is 11.4 Å². The maximum absolute atomic E-state index is 12.5. The van der Waals surface area contributed by atoms with E-state index in [1.165, 1.54) is 29.5 Å². The van der Waals surface area contributed by atoms with E-state index in [0.717, 1.165) is 5.56 Å². The van der Waals surface area contributed by atoms with Gasteiger partial charge in [0.15, 0.2) is 5.96 Å². The van der Waals surface area contributed by atoms with Crippen LogP contribution in [-0.4, -0.2) is 30.5 Å². The van der Waals surface area contributed by atoms with E-state index in [9.17, 15) is 18.3 Å². The van der Waals surface area contributed by atoms with Crippen LogP contribution in [-0.2, 0) is 12.1 Å². The summed E-state index contributed by atoms with van der Waals surface area (Å²) in [6, 6.07) is 7.70. The van der Waals surface area contributed by atoms with E-state index < -0.39 is 12.0 Å². The van der Waals surface area contributed by atoms with Crippen LogP contribution < -0.4 is 15.4 Å². The fraction of sp³-hybridized carbons (Fsp3) is 0.389. The number of benzene rings is 1. The van der Waals surface area contributed by atoms with Crippen LogP contribution in [0.4, 0.5) is 13.2 Å². The Morgan fingerprint density at radius 3 is 2.54 bits per heavy atom. The van der Waals surface area contributed by atoms with Crippen molar-refractivity contribution in [3.63, 3.8) is 0 Å². The normalized spacial score (nSPS) is 14.0. The van der Waals surface area contributed by atoms with Gasteiger partial charge in [0.05, 0.1) is 13.1 Å². The molecule has 0 aliphatic carbocycles. The van der Waals surface area contributed by atoms with E-state index >= 15 is 0 Å². The smallest absolute Gasteiger partial charge is 0.405 e. The maximum atomic E-state index is 12.5. The number of hydrogen-bond acceptors (Lipinski definition) is 4. The first-order valence-corrected chi connectivity index (χ1v) is 9.26. The van der Waals surface area contributed by atoms with Crippen LogP contribution in [0.15, 0.2) is 46.1 Å². The number of hydrogen-bond donors (Lipinski definition) is 3. The molecule has 0 fully saturated rings. The van der Waals surface area contributed by atoms with E-state index in [2.05, 4.69) is 20.4 Å². The van der Waals surface area contributed by atoms with Crippen molar-refractivity contribution in [1.82, 2.24) is 10.6 Å². The average molecular weight is 529 g/mol. The SMILES string of the molecule is CCNC(=NCc1ccccc1OC(F)(F)F)NCC(C)(O)c1ccsc1.I. The fourth-order valence-electron chi connectivity index (χ4n) is 2.29. The summed E-state index contributed by atoms with van der Waals surface area (Å²) in [6.45, 7) is 4.29. The van der Waals surface area contributed by atoms with Gasteiger partial charge in [-0.1, -0.05) is 18.2 Å². The molecule has 5 nitrogen and oxygen atoms in total. The lowest BCUT2D eigenvalue weighted by Crippen LogP contribution is -2.44. The lowest BCUT2D eigenvalue weighted by atomic mass is 9.99. The predicted molar refractivity (Wildman–Crippen MR) is 115 cm³/mol. The summed E-state index contributed by atoms with van der Waals surface area (Å²) in [5.41, 5.74) is -0.0237. The largest absolute Gasteiger partial charge is 0.573 e. The molecule has 0 amide bonds. The minimum absolute atomic E-state index is 0. The summed E-state index contributed by atoms with van der Waals surface area (Å²) in [6.07, 6.45) is -4.76. The third-order valence-corrected chi connectivity index (χ3v) is 4.38. The minimum Gasteiger partial charge on any atom is -0.405 e. The van der Waals surface area contributed by atoms with Crippen molar-refractivity contribution in [2.45, 2.75) is 32.4 Å². The maximum Gasteiger partial charge on any atom is 0.573 e. The second-order valence-corrected chi connectivity index (χ2v) is 6.77. The molecule has 3 N–H and O–H groups in total. The minimum atomic E-state index is -4.76. The Morgan fingerprint density at radius 1 is 1.21 bits per heavy atom. The molecule has 1 aromatic carbocycles. The molecule has 1 unspecified atom stereocenters. The van der Waals surface area contributed by atoms with E-state index in [4.69, 9.17) is 0 Å². The van der Waals surface area contributed by atoms with Crippen LogP contribution in [0.5, 0.6) is 5.75 Å². The Kier molecular flexibility index (Phi) is 9.51. The lowest BCUT2D eigenvalue weighted by Gasteiger charge is -2.24. The number of nitrogens with zero attached hydrogens (tertiary/aromatic N) is 1. The first kappa shape index (κ1) is 24.5. The molecule has 1 heterocycles. The molecule has 0 bridgehead atoms. The third kappa shape index (κ3) is 7.84. The van der Waals surface area contributed by atoms with Gasteiger partial charge in [-0.25, -0.2) is 4.99 Å². The number of alkyl halides is 3. The highest BCUT2D eigenvalue weighted by Crippen LogP contribution is 2.26. The second-order valence-electron chi connectivity index (χ2n) is 5.99. The van der Waals surface area contributed by atoms with Gasteiger partial charge in [-0.3, -0.25) is 0 Å². The molecule has 0 saturated carbocycles. The molecule has 1 atom stereocenters. The van der Waals surface area contributed by atoms with Crippen LogP contribution in [0.1, 0.15) is 25.0 Å². The van der Waals surface area contributed by atoms with Gasteiger partial charge in [0, 0.05) is 12.1 Å². The summed E-state index contributed by atoms with van der Waals surface area (Å²) in [5.74, 6) is 0.102. The van der Waals surface area contributed by atoms with Gasteiger partial charge in [-0.05, 0) is 42.3 Å². The molecule has 0 aliphatic heterocycles. The van der Waals surface area contributed by atoms with Gasteiger partial charge in [0.2, 0.25) is 0 Å². The average Bonchev–Trinajstić information content (AvgIpc) is 3.13. The van der Waals surface area contributed by atoms with Crippen LogP contribution in [0, 0.1) is 0 Å². The number of rotatable bonds is 7. The van der Waals surface area contributed by atoms with Gasteiger partial charge >= 0.3 is 6.36 Å². The van der Waals surface area contributed by atoms with Crippen LogP contribution in [0.25, 0.3) is 0 Å². The summed E-state index contributed by atoms with van der Waals surface area (Å²) in [4.78, 5) is 4.30. The van der Waals surface area contributed by atoms with Crippen molar-refractivity contribution in [2.24, 2.45) is 4.99 Å². The Hall–Kier alpha value is -1.53. The zero-order chi connectivity index (χ0) is 19.9. The van der Waals surface area contributed by atoms with Crippen molar-refractivity contribution in [1.29, 1.82) is 0 Å². The molecule has 2 rings (SSSR count). The van der Waals surface area contributed by atoms with Crippen molar-refractivity contribution in [2.75, 3.05) is 13.1 Å². The first-order valence-electron chi connectivity index (χ1n) is 8.32. The summed E-state index contributed by atoms with van der Waals surface area (Å²) >= 11 is 1.49. The monoisotopic (exact) mass is 529 g/mol. The van der Waals surface area contributed by atoms with Crippen molar-refractivity contribution < 1.29 is 23.0 Å². The topological polar surface area (TPSA) is 65.9 Å². The molecule has 0 aliphatic rings. The zero-order valence-corrected chi connectivity index (χ0v) is 18.6. The highest BCUT2D eigenvalue weighted by atomic mass is 127. The molecule has 0 radical (unpaired) electrons. The Morgan fingerprint density at radius 2 is 1.93 bits per heavy atom. The first-order chi connectivity index (χ1) is 12.7. The lowest BCUT2D eigenvalue weighted by molar-refractivity contribution is -0.274. The fourth-order valence-corrected chi connectivity index (χ4v) is 3.08.